The lowest BCUT2D eigenvalue weighted by Gasteiger charge is -2.21. The van der Waals surface area contributed by atoms with Crippen molar-refractivity contribution in [3.8, 4) is 0 Å². The Morgan fingerprint density at radius 3 is 2.65 bits per heavy atom. The minimum atomic E-state index is -2.50. The fourth-order valence-corrected chi connectivity index (χ4v) is 1.52. The van der Waals surface area contributed by atoms with E-state index in [0.717, 1.165) is 0 Å². The zero-order valence-electron chi connectivity index (χ0n) is 9.24. The molecule has 0 amide bonds. The fraction of sp³-hybridized carbons (Fsp3) is 0.455. The summed E-state index contributed by atoms with van der Waals surface area (Å²) in [5, 5.41) is 8.76. The smallest absolute Gasteiger partial charge is 0.251 e. The van der Waals surface area contributed by atoms with Gasteiger partial charge in [-0.3, -0.25) is 4.90 Å². The highest BCUT2D eigenvalue weighted by atomic mass is 19.3. The summed E-state index contributed by atoms with van der Waals surface area (Å²) < 4.78 is 37.5. The second-order valence-corrected chi connectivity index (χ2v) is 3.69. The topological polar surface area (TPSA) is 49.5 Å². The van der Waals surface area contributed by atoms with Crippen molar-refractivity contribution in [3.63, 3.8) is 0 Å². The van der Waals surface area contributed by atoms with E-state index in [1.54, 1.807) is 0 Å². The highest BCUT2D eigenvalue weighted by molar-refractivity contribution is 5.46. The Bertz CT molecular complexity index is 361. The molecule has 0 radical (unpaired) electrons. The number of nitrogens with zero attached hydrogens (tertiary/aromatic N) is 1. The van der Waals surface area contributed by atoms with E-state index in [1.165, 1.54) is 23.1 Å². The first kappa shape index (κ1) is 13.8. The maximum absolute atomic E-state index is 13.0. The average Bonchev–Trinajstić information content (AvgIpc) is 2.23. The van der Waals surface area contributed by atoms with E-state index < -0.39 is 18.8 Å². The number of halogens is 3. The van der Waals surface area contributed by atoms with Crippen LogP contribution >= 0.6 is 0 Å². The Labute approximate surface area is 97.6 Å². The first-order valence-electron chi connectivity index (χ1n) is 5.18. The van der Waals surface area contributed by atoms with Gasteiger partial charge in [0.2, 0.25) is 0 Å². The molecule has 0 spiro atoms. The molecule has 3 nitrogen and oxygen atoms in total. The van der Waals surface area contributed by atoms with E-state index >= 15 is 0 Å². The predicted molar refractivity (Wildman–Crippen MR) is 59.2 cm³/mol. The number of nitrogens with two attached hydrogens (primary N) is 1. The van der Waals surface area contributed by atoms with Gasteiger partial charge in [0.25, 0.3) is 6.43 Å². The molecule has 3 N–H and O–H groups in total. The maximum Gasteiger partial charge on any atom is 0.251 e. The third-order valence-electron chi connectivity index (χ3n) is 2.31. The van der Waals surface area contributed by atoms with E-state index in [0.29, 0.717) is 11.3 Å². The molecular weight excluding hydrogens is 233 g/mol. The van der Waals surface area contributed by atoms with Crippen molar-refractivity contribution >= 4 is 5.69 Å². The van der Waals surface area contributed by atoms with Crippen molar-refractivity contribution in [1.82, 2.24) is 4.90 Å². The monoisotopic (exact) mass is 248 g/mol. The molecule has 0 aromatic heterocycles. The number of anilines is 1. The molecule has 0 atom stereocenters. The van der Waals surface area contributed by atoms with Crippen molar-refractivity contribution in [3.05, 3.63) is 29.6 Å². The second-order valence-electron chi connectivity index (χ2n) is 3.69. The second kappa shape index (κ2) is 6.46. The zero-order valence-corrected chi connectivity index (χ0v) is 9.24. The standard InChI is InChI=1S/C11H15F3N2O/c12-9-1-2-10(15)8(5-9)6-16(3-4-17)7-11(13)14/h1-2,5,11,17H,3-4,6-7,15H2. The van der Waals surface area contributed by atoms with Crippen LogP contribution in [0.4, 0.5) is 18.9 Å². The van der Waals surface area contributed by atoms with Crippen LogP contribution in [-0.4, -0.2) is 36.1 Å². The van der Waals surface area contributed by atoms with Gasteiger partial charge < -0.3 is 10.8 Å². The summed E-state index contributed by atoms with van der Waals surface area (Å²) in [6, 6.07) is 3.82. The third-order valence-corrected chi connectivity index (χ3v) is 2.31. The molecule has 0 saturated carbocycles. The van der Waals surface area contributed by atoms with Gasteiger partial charge in [0.15, 0.2) is 0 Å². The summed E-state index contributed by atoms with van der Waals surface area (Å²) in [6.07, 6.45) is -2.50. The van der Waals surface area contributed by atoms with Gasteiger partial charge >= 0.3 is 0 Å². The first-order chi connectivity index (χ1) is 8.02. The van der Waals surface area contributed by atoms with Crippen molar-refractivity contribution < 1.29 is 18.3 Å². The molecule has 0 heterocycles. The molecule has 0 saturated heterocycles. The van der Waals surface area contributed by atoms with Gasteiger partial charge in [-0.1, -0.05) is 0 Å². The van der Waals surface area contributed by atoms with E-state index in [1.807, 2.05) is 0 Å². The molecule has 1 rings (SSSR count). The molecule has 17 heavy (non-hydrogen) atoms. The van der Waals surface area contributed by atoms with Crippen molar-refractivity contribution in [1.29, 1.82) is 0 Å². The molecule has 1 aromatic carbocycles. The lowest BCUT2D eigenvalue weighted by Crippen LogP contribution is -2.31. The van der Waals surface area contributed by atoms with E-state index in [-0.39, 0.29) is 19.7 Å². The Hall–Kier alpha value is -1.27. The number of rotatable bonds is 6. The Kier molecular flexibility index (Phi) is 5.24. The van der Waals surface area contributed by atoms with Gasteiger partial charge in [-0.05, 0) is 23.8 Å². The van der Waals surface area contributed by atoms with Crippen molar-refractivity contribution in [2.45, 2.75) is 13.0 Å². The normalized spacial score (nSPS) is 11.4. The number of aliphatic hydroxyl groups excluding tert-OH is 1. The Balaban J connectivity index is 2.74. The lowest BCUT2D eigenvalue weighted by atomic mass is 10.1. The first-order valence-corrected chi connectivity index (χ1v) is 5.18. The SMILES string of the molecule is Nc1ccc(F)cc1CN(CCO)CC(F)F. The third kappa shape index (κ3) is 4.62. The Morgan fingerprint density at radius 1 is 1.35 bits per heavy atom. The van der Waals surface area contributed by atoms with E-state index in [4.69, 9.17) is 10.8 Å². The summed E-state index contributed by atoms with van der Waals surface area (Å²) in [4.78, 5) is 1.33. The van der Waals surface area contributed by atoms with Crippen LogP contribution in [0.3, 0.4) is 0 Å². The quantitative estimate of drug-likeness (QED) is 0.749. The summed E-state index contributed by atoms with van der Waals surface area (Å²) >= 11 is 0. The van der Waals surface area contributed by atoms with Crippen LogP contribution < -0.4 is 5.73 Å². The van der Waals surface area contributed by atoms with E-state index in [9.17, 15) is 13.2 Å². The number of hydrogen-bond donors (Lipinski definition) is 2. The number of aliphatic hydroxyl groups is 1. The highest BCUT2D eigenvalue weighted by Gasteiger charge is 2.13. The van der Waals surface area contributed by atoms with Crippen LogP contribution in [0, 0.1) is 5.82 Å². The summed E-state index contributed by atoms with van der Waals surface area (Å²) in [5.74, 6) is -0.463. The maximum atomic E-state index is 13.0. The largest absolute Gasteiger partial charge is 0.398 e. The molecule has 0 bridgehead atoms. The van der Waals surface area contributed by atoms with Crippen LogP contribution in [-0.2, 0) is 6.54 Å². The summed E-state index contributed by atoms with van der Waals surface area (Å²) in [7, 11) is 0. The number of hydrogen-bond acceptors (Lipinski definition) is 3. The molecule has 96 valence electrons. The fourth-order valence-electron chi connectivity index (χ4n) is 1.52. The number of nitrogen functional groups attached to an aromatic ring is 1. The molecule has 0 aliphatic rings. The van der Waals surface area contributed by atoms with Crippen molar-refractivity contribution in [2.75, 3.05) is 25.4 Å². The molecule has 0 fully saturated rings. The van der Waals surface area contributed by atoms with Gasteiger partial charge in [0.05, 0.1) is 13.2 Å². The molecule has 0 unspecified atom stereocenters. The van der Waals surface area contributed by atoms with Crippen LogP contribution in [0.2, 0.25) is 0 Å². The lowest BCUT2D eigenvalue weighted by molar-refractivity contribution is 0.0747. The number of alkyl halides is 2. The molecule has 0 aliphatic carbocycles. The molecule has 6 heteroatoms. The molecule has 1 aromatic rings. The summed E-state index contributed by atoms with van der Waals surface area (Å²) in [6.45, 7) is -0.521. The Morgan fingerprint density at radius 2 is 2.06 bits per heavy atom. The van der Waals surface area contributed by atoms with Gasteiger partial charge in [0.1, 0.15) is 5.82 Å². The van der Waals surface area contributed by atoms with Crippen LogP contribution in [0.1, 0.15) is 5.56 Å². The molecular formula is C11H15F3N2O. The minimum Gasteiger partial charge on any atom is -0.398 e. The zero-order chi connectivity index (χ0) is 12.8. The van der Waals surface area contributed by atoms with Crippen molar-refractivity contribution in [2.24, 2.45) is 0 Å². The van der Waals surface area contributed by atoms with Gasteiger partial charge in [-0.25, -0.2) is 13.2 Å². The van der Waals surface area contributed by atoms with Crippen LogP contribution in [0.15, 0.2) is 18.2 Å². The van der Waals surface area contributed by atoms with Gasteiger partial charge in [-0.15, -0.1) is 0 Å². The van der Waals surface area contributed by atoms with E-state index in [2.05, 4.69) is 0 Å². The van der Waals surface area contributed by atoms with Gasteiger partial charge in [0, 0.05) is 18.8 Å². The minimum absolute atomic E-state index is 0.0918. The predicted octanol–water partition coefficient (Wildman–Crippen LogP) is 1.47. The average molecular weight is 248 g/mol. The highest BCUT2D eigenvalue weighted by Crippen LogP contribution is 2.16. The van der Waals surface area contributed by atoms with Crippen LogP contribution in [0.25, 0.3) is 0 Å². The van der Waals surface area contributed by atoms with Gasteiger partial charge in [-0.2, -0.15) is 0 Å². The molecule has 0 aliphatic heterocycles. The van der Waals surface area contributed by atoms with Crippen LogP contribution in [0.5, 0.6) is 0 Å². The number of benzene rings is 1. The summed E-state index contributed by atoms with van der Waals surface area (Å²) in [5.41, 5.74) is 6.42.